The van der Waals surface area contributed by atoms with E-state index in [0.717, 1.165) is 24.0 Å². The van der Waals surface area contributed by atoms with Crippen LogP contribution in [0.4, 0.5) is 4.39 Å². The van der Waals surface area contributed by atoms with Gasteiger partial charge in [0.05, 0.1) is 5.56 Å². The standard InChI is InChI=1S/C12H15FO/c1-4-5-10-6-8(2)7-11(13)12(10)9(3)14/h6-7H,4-5H2,1-3H3. The van der Waals surface area contributed by atoms with E-state index in [2.05, 4.69) is 0 Å². The second kappa shape index (κ2) is 4.36. The van der Waals surface area contributed by atoms with E-state index in [4.69, 9.17) is 0 Å². The third-order valence-corrected chi connectivity index (χ3v) is 2.19. The van der Waals surface area contributed by atoms with Gasteiger partial charge in [-0.3, -0.25) is 4.79 Å². The Bertz CT molecular complexity index is 356. The highest BCUT2D eigenvalue weighted by atomic mass is 19.1. The van der Waals surface area contributed by atoms with Crippen LogP contribution >= 0.6 is 0 Å². The molecule has 0 saturated heterocycles. The number of hydrogen-bond acceptors (Lipinski definition) is 1. The monoisotopic (exact) mass is 194 g/mol. The maximum Gasteiger partial charge on any atom is 0.163 e. The molecular formula is C12H15FO. The molecule has 0 atom stereocenters. The quantitative estimate of drug-likeness (QED) is 0.675. The van der Waals surface area contributed by atoms with E-state index in [-0.39, 0.29) is 17.2 Å². The number of halogens is 1. The average molecular weight is 194 g/mol. The number of carbonyl (C=O) groups excluding carboxylic acids is 1. The van der Waals surface area contributed by atoms with Crippen LogP contribution in [0.25, 0.3) is 0 Å². The smallest absolute Gasteiger partial charge is 0.163 e. The van der Waals surface area contributed by atoms with Crippen LogP contribution in [0, 0.1) is 12.7 Å². The summed E-state index contributed by atoms with van der Waals surface area (Å²) in [7, 11) is 0. The van der Waals surface area contributed by atoms with E-state index in [1.165, 1.54) is 13.0 Å². The first-order valence-electron chi connectivity index (χ1n) is 4.86. The first kappa shape index (κ1) is 10.9. The van der Waals surface area contributed by atoms with Crippen molar-refractivity contribution >= 4 is 5.78 Å². The highest BCUT2D eigenvalue weighted by Gasteiger charge is 2.12. The normalized spacial score (nSPS) is 10.3. The zero-order valence-electron chi connectivity index (χ0n) is 8.86. The molecule has 0 aliphatic carbocycles. The first-order chi connectivity index (χ1) is 6.56. The van der Waals surface area contributed by atoms with Crippen molar-refractivity contribution in [3.63, 3.8) is 0 Å². The van der Waals surface area contributed by atoms with Gasteiger partial charge in [0.15, 0.2) is 5.78 Å². The molecular weight excluding hydrogens is 179 g/mol. The molecule has 1 rings (SSSR count). The molecule has 14 heavy (non-hydrogen) atoms. The third kappa shape index (κ3) is 2.19. The van der Waals surface area contributed by atoms with Crippen molar-refractivity contribution < 1.29 is 9.18 Å². The molecule has 1 aromatic rings. The lowest BCUT2D eigenvalue weighted by atomic mass is 9.97. The summed E-state index contributed by atoms with van der Waals surface area (Å²) in [6.07, 6.45) is 1.68. The second-order valence-electron chi connectivity index (χ2n) is 3.59. The Morgan fingerprint density at radius 3 is 2.57 bits per heavy atom. The molecule has 0 spiro atoms. The van der Waals surface area contributed by atoms with E-state index in [9.17, 15) is 9.18 Å². The summed E-state index contributed by atoms with van der Waals surface area (Å²) in [6, 6.07) is 3.30. The number of Topliss-reactive ketones (excluding diaryl/α,β-unsaturated/α-hetero) is 1. The maximum atomic E-state index is 13.5. The van der Waals surface area contributed by atoms with Crippen LogP contribution in [0.1, 0.15) is 41.8 Å². The maximum absolute atomic E-state index is 13.5. The molecule has 0 aliphatic heterocycles. The molecule has 0 aromatic heterocycles. The van der Waals surface area contributed by atoms with Crippen LogP contribution in [0.2, 0.25) is 0 Å². The Hall–Kier alpha value is -1.18. The van der Waals surface area contributed by atoms with Gasteiger partial charge in [0.2, 0.25) is 0 Å². The number of aryl methyl sites for hydroxylation is 2. The van der Waals surface area contributed by atoms with Gasteiger partial charge in [-0.1, -0.05) is 19.4 Å². The molecule has 1 nitrogen and oxygen atoms in total. The van der Waals surface area contributed by atoms with Crippen LogP contribution in [-0.4, -0.2) is 5.78 Å². The fraction of sp³-hybridized carbons (Fsp3) is 0.417. The predicted molar refractivity (Wildman–Crippen MR) is 55.1 cm³/mol. The number of benzene rings is 1. The Balaban J connectivity index is 3.28. The van der Waals surface area contributed by atoms with Gasteiger partial charge in [-0.15, -0.1) is 0 Å². The Kier molecular flexibility index (Phi) is 3.39. The van der Waals surface area contributed by atoms with Crippen molar-refractivity contribution in [3.05, 3.63) is 34.6 Å². The van der Waals surface area contributed by atoms with Gasteiger partial charge in [0.1, 0.15) is 5.82 Å². The fourth-order valence-electron chi connectivity index (χ4n) is 1.67. The molecule has 0 heterocycles. The molecule has 0 N–H and O–H groups in total. The summed E-state index contributed by atoms with van der Waals surface area (Å²) < 4.78 is 13.5. The van der Waals surface area contributed by atoms with Gasteiger partial charge in [-0.2, -0.15) is 0 Å². The fourth-order valence-corrected chi connectivity index (χ4v) is 1.67. The lowest BCUT2D eigenvalue weighted by Crippen LogP contribution is -2.04. The minimum Gasteiger partial charge on any atom is -0.294 e. The zero-order chi connectivity index (χ0) is 10.7. The van der Waals surface area contributed by atoms with Crippen molar-refractivity contribution in [2.24, 2.45) is 0 Å². The lowest BCUT2D eigenvalue weighted by Gasteiger charge is -2.08. The van der Waals surface area contributed by atoms with Crippen LogP contribution in [0.5, 0.6) is 0 Å². The molecule has 1 aromatic carbocycles. The van der Waals surface area contributed by atoms with Crippen LogP contribution in [-0.2, 0) is 6.42 Å². The molecule has 0 bridgehead atoms. The molecule has 0 fully saturated rings. The van der Waals surface area contributed by atoms with E-state index < -0.39 is 0 Å². The summed E-state index contributed by atoms with van der Waals surface area (Å²) in [5.74, 6) is -0.577. The van der Waals surface area contributed by atoms with Crippen molar-refractivity contribution in [3.8, 4) is 0 Å². The number of hydrogen-bond donors (Lipinski definition) is 0. The second-order valence-corrected chi connectivity index (χ2v) is 3.59. The van der Waals surface area contributed by atoms with Crippen LogP contribution < -0.4 is 0 Å². The van der Waals surface area contributed by atoms with Crippen LogP contribution in [0.15, 0.2) is 12.1 Å². The van der Waals surface area contributed by atoms with Gasteiger partial charge < -0.3 is 0 Å². The predicted octanol–water partition coefficient (Wildman–Crippen LogP) is 3.29. The molecule has 0 unspecified atom stereocenters. The number of carbonyl (C=O) groups is 1. The Morgan fingerprint density at radius 2 is 2.07 bits per heavy atom. The Morgan fingerprint density at radius 1 is 1.43 bits per heavy atom. The number of ketones is 1. The Labute approximate surface area is 83.9 Å². The minimum absolute atomic E-state index is 0.189. The molecule has 0 radical (unpaired) electrons. The van der Waals surface area contributed by atoms with E-state index in [0.29, 0.717) is 0 Å². The minimum atomic E-state index is -0.388. The highest BCUT2D eigenvalue weighted by molar-refractivity contribution is 5.95. The van der Waals surface area contributed by atoms with E-state index in [1.54, 1.807) is 0 Å². The van der Waals surface area contributed by atoms with Gasteiger partial charge in [-0.05, 0) is 37.5 Å². The SMILES string of the molecule is CCCc1cc(C)cc(F)c1C(C)=O. The van der Waals surface area contributed by atoms with Gasteiger partial charge >= 0.3 is 0 Å². The lowest BCUT2D eigenvalue weighted by molar-refractivity contribution is 0.101. The van der Waals surface area contributed by atoms with Gasteiger partial charge in [-0.25, -0.2) is 4.39 Å². The summed E-state index contributed by atoms with van der Waals surface area (Å²) >= 11 is 0. The summed E-state index contributed by atoms with van der Waals surface area (Å²) in [6.45, 7) is 5.27. The third-order valence-electron chi connectivity index (χ3n) is 2.19. The van der Waals surface area contributed by atoms with Crippen molar-refractivity contribution in [1.29, 1.82) is 0 Å². The summed E-state index contributed by atoms with van der Waals surface area (Å²) in [4.78, 5) is 11.2. The topological polar surface area (TPSA) is 17.1 Å². The van der Waals surface area contributed by atoms with Crippen LogP contribution in [0.3, 0.4) is 0 Å². The molecule has 0 amide bonds. The molecule has 0 aliphatic rings. The highest BCUT2D eigenvalue weighted by Crippen LogP contribution is 2.18. The molecule has 76 valence electrons. The summed E-state index contributed by atoms with van der Waals surface area (Å²) in [5, 5.41) is 0. The van der Waals surface area contributed by atoms with Gasteiger partial charge in [0.25, 0.3) is 0 Å². The molecule has 2 heteroatoms. The number of rotatable bonds is 3. The summed E-state index contributed by atoms with van der Waals surface area (Å²) in [5.41, 5.74) is 1.96. The largest absolute Gasteiger partial charge is 0.294 e. The van der Waals surface area contributed by atoms with Crippen molar-refractivity contribution in [2.75, 3.05) is 0 Å². The van der Waals surface area contributed by atoms with E-state index in [1.807, 2.05) is 19.9 Å². The molecule has 0 saturated carbocycles. The van der Waals surface area contributed by atoms with Gasteiger partial charge in [0, 0.05) is 0 Å². The average Bonchev–Trinajstić information content (AvgIpc) is 2.01. The first-order valence-corrected chi connectivity index (χ1v) is 4.86. The van der Waals surface area contributed by atoms with Crippen molar-refractivity contribution in [2.45, 2.75) is 33.6 Å². The van der Waals surface area contributed by atoms with E-state index >= 15 is 0 Å². The zero-order valence-corrected chi connectivity index (χ0v) is 8.86. The van der Waals surface area contributed by atoms with Crippen molar-refractivity contribution in [1.82, 2.24) is 0 Å².